The van der Waals surface area contributed by atoms with Gasteiger partial charge in [-0.2, -0.15) is 0 Å². The second-order valence-electron chi connectivity index (χ2n) is 1.60. The van der Waals surface area contributed by atoms with Crippen LogP contribution in [0.5, 0.6) is 0 Å². The number of nitrogens with two attached hydrogens (primary N) is 2. The fraction of sp³-hybridized carbons (Fsp3) is 1.00. The van der Waals surface area contributed by atoms with Gasteiger partial charge in [0.25, 0.3) is 0 Å². The molecule has 0 fully saturated rings. The second kappa shape index (κ2) is 3.80. The molecule has 0 aromatic heterocycles. The van der Waals surface area contributed by atoms with Gasteiger partial charge in [-0.25, -0.2) is 0 Å². The van der Waals surface area contributed by atoms with Crippen LogP contribution in [0, 0.1) is 0 Å². The van der Waals surface area contributed by atoms with Gasteiger partial charge in [-0.3, -0.25) is 0 Å². The number of hydrogen-bond acceptors (Lipinski definition) is 4. The highest BCUT2D eigenvalue weighted by molar-refractivity contribution is 4.62. The van der Waals surface area contributed by atoms with Crippen molar-refractivity contribution >= 4 is 0 Å². The Labute approximate surface area is 48.4 Å². The van der Waals surface area contributed by atoms with Crippen molar-refractivity contribution in [1.82, 2.24) is 0 Å². The molecule has 8 heavy (non-hydrogen) atoms. The fourth-order valence-corrected chi connectivity index (χ4v) is 0.282. The Hall–Kier alpha value is -0.160. The van der Waals surface area contributed by atoms with E-state index in [1.165, 1.54) is 7.11 Å². The highest BCUT2D eigenvalue weighted by Gasteiger charge is 2.07. The van der Waals surface area contributed by atoms with Crippen LogP contribution in [-0.2, 0) is 4.74 Å². The van der Waals surface area contributed by atoms with Gasteiger partial charge in [0.1, 0.15) is 6.10 Å². The molecule has 0 amide bonds. The van der Waals surface area contributed by atoms with Crippen molar-refractivity contribution in [2.24, 2.45) is 11.5 Å². The molecule has 0 spiro atoms. The summed E-state index contributed by atoms with van der Waals surface area (Å²) in [5, 5.41) is 8.75. The number of hydrogen-bond donors (Lipinski definition) is 3. The molecule has 50 valence electrons. The zero-order valence-corrected chi connectivity index (χ0v) is 4.87. The Morgan fingerprint density at radius 2 is 2.12 bits per heavy atom. The Balaban J connectivity index is 3.17. The number of ether oxygens (including phenoxy) is 1. The molecule has 0 aromatic rings. The third kappa shape index (κ3) is 2.92. The molecule has 0 aliphatic rings. The zero-order chi connectivity index (χ0) is 6.57. The van der Waals surface area contributed by atoms with Gasteiger partial charge < -0.3 is 21.3 Å². The Kier molecular flexibility index (Phi) is 3.72. The molecule has 0 bridgehead atoms. The molecule has 1 atom stereocenters. The third-order valence-electron chi connectivity index (χ3n) is 0.782. The predicted octanol–water partition coefficient (Wildman–Crippen LogP) is -1.76. The standard InChI is InChI=1S/C4H12N2O2/c1-8-2-3(7)4(5)6/h3-4,7H,2,5-6H2,1H3. The van der Waals surface area contributed by atoms with Crippen LogP contribution in [0.25, 0.3) is 0 Å². The van der Waals surface area contributed by atoms with E-state index < -0.39 is 12.3 Å². The lowest BCUT2D eigenvalue weighted by Crippen LogP contribution is -2.44. The van der Waals surface area contributed by atoms with E-state index in [-0.39, 0.29) is 6.61 Å². The summed E-state index contributed by atoms with van der Waals surface area (Å²) < 4.78 is 4.55. The van der Waals surface area contributed by atoms with Crippen LogP contribution in [-0.4, -0.2) is 31.1 Å². The van der Waals surface area contributed by atoms with Crippen LogP contribution in [0.1, 0.15) is 0 Å². The summed E-state index contributed by atoms with van der Waals surface area (Å²) in [6.07, 6.45) is -1.45. The number of aliphatic hydroxyl groups excluding tert-OH is 1. The van der Waals surface area contributed by atoms with Crippen LogP contribution < -0.4 is 11.5 Å². The first-order valence-corrected chi connectivity index (χ1v) is 2.36. The topological polar surface area (TPSA) is 81.5 Å². The third-order valence-corrected chi connectivity index (χ3v) is 0.782. The average Bonchev–Trinajstić information content (AvgIpc) is 1.67. The minimum absolute atomic E-state index is 0.192. The average molecular weight is 120 g/mol. The van der Waals surface area contributed by atoms with Crippen molar-refractivity contribution in [2.45, 2.75) is 12.3 Å². The summed E-state index contributed by atoms with van der Waals surface area (Å²) in [7, 11) is 1.48. The highest BCUT2D eigenvalue weighted by Crippen LogP contribution is 1.81. The summed E-state index contributed by atoms with van der Waals surface area (Å²) in [6, 6.07) is 0. The van der Waals surface area contributed by atoms with E-state index in [2.05, 4.69) is 4.74 Å². The Morgan fingerprint density at radius 3 is 2.25 bits per heavy atom. The first-order chi connectivity index (χ1) is 3.68. The number of methoxy groups -OCH3 is 1. The molecule has 0 aromatic carbocycles. The molecule has 0 radical (unpaired) electrons. The number of aliphatic hydroxyl groups is 1. The van der Waals surface area contributed by atoms with E-state index in [9.17, 15) is 0 Å². The summed E-state index contributed by atoms with van der Waals surface area (Å²) in [4.78, 5) is 0. The molecule has 0 heterocycles. The molecule has 0 saturated heterocycles. The lowest BCUT2D eigenvalue weighted by Gasteiger charge is -2.11. The van der Waals surface area contributed by atoms with Gasteiger partial charge in [-0.05, 0) is 0 Å². The van der Waals surface area contributed by atoms with Gasteiger partial charge in [0.2, 0.25) is 0 Å². The van der Waals surface area contributed by atoms with E-state index in [1.807, 2.05) is 0 Å². The minimum atomic E-state index is -0.750. The second-order valence-corrected chi connectivity index (χ2v) is 1.60. The van der Waals surface area contributed by atoms with Gasteiger partial charge in [0.15, 0.2) is 0 Å². The molecule has 5 N–H and O–H groups in total. The smallest absolute Gasteiger partial charge is 0.105 e. The van der Waals surface area contributed by atoms with Crippen molar-refractivity contribution in [1.29, 1.82) is 0 Å². The van der Waals surface area contributed by atoms with Crippen molar-refractivity contribution in [3.05, 3.63) is 0 Å². The van der Waals surface area contributed by atoms with E-state index in [4.69, 9.17) is 16.6 Å². The molecule has 0 rings (SSSR count). The maximum atomic E-state index is 8.75. The maximum Gasteiger partial charge on any atom is 0.105 e. The van der Waals surface area contributed by atoms with Gasteiger partial charge in [0.05, 0.1) is 12.8 Å². The van der Waals surface area contributed by atoms with Crippen LogP contribution in [0.15, 0.2) is 0 Å². The lowest BCUT2D eigenvalue weighted by molar-refractivity contribution is 0.0493. The normalized spacial score (nSPS) is 14.6. The van der Waals surface area contributed by atoms with Crippen LogP contribution in [0.3, 0.4) is 0 Å². The minimum Gasteiger partial charge on any atom is -0.388 e. The largest absolute Gasteiger partial charge is 0.388 e. The van der Waals surface area contributed by atoms with Gasteiger partial charge >= 0.3 is 0 Å². The summed E-state index contributed by atoms with van der Waals surface area (Å²) >= 11 is 0. The molecular formula is C4H12N2O2. The molecule has 0 aliphatic carbocycles. The zero-order valence-electron chi connectivity index (χ0n) is 4.87. The van der Waals surface area contributed by atoms with Crippen LogP contribution in [0.2, 0.25) is 0 Å². The van der Waals surface area contributed by atoms with E-state index in [0.717, 1.165) is 0 Å². The van der Waals surface area contributed by atoms with Gasteiger partial charge in [0, 0.05) is 7.11 Å². The van der Waals surface area contributed by atoms with Gasteiger partial charge in [-0.15, -0.1) is 0 Å². The van der Waals surface area contributed by atoms with Crippen LogP contribution >= 0.6 is 0 Å². The van der Waals surface area contributed by atoms with E-state index >= 15 is 0 Å². The van der Waals surface area contributed by atoms with Gasteiger partial charge in [-0.1, -0.05) is 0 Å². The molecule has 4 heteroatoms. The van der Waals surface area contributed by atoms with Crippen molar-refractivity contribution in [3.8, 4) is 0 Å². The first kappa shape index (κ1) is 7.84. The summed E-state index contributed by atoms with van der Waals surface area (Å²) in [5.74, 6) is 0. The summed E-state index contributed by atoms with van der Waals surface area (Å²) in [5.41, 5.74) is 10.1. The quantitative estimate of drug-likeness (QED) is 0.385. The Morgan fingerprint density at radius 1 is 1.62 bits per heavy atom. The highest BCUT2D eigenvalue weighted by atomic mass is 16.5. The van der Waals surface area contributed by atoms with Crippen molar-refractivity contribution < 1.29 is 9.84 Å². The molecule has 1 unspecified atom stereocenters. The molecule has 0 saturated carbocycles. The number of rotatable bonds is 3. The SMILES string of the molecule is COCC(O)C(N)N. The maximum absolute atomic E-state index is 8.75. The van der Waals surface area contributed by atoms with E-state index in [0.29, 0.717) is 0 Å². The van der Waals surface area contributed by atoms with Crippen LogP contribution in [0.4, 0.5) is 0 Å². The summed E-state index contributed by atoms with van der Waals surface area (Å²) in [6.45, 7) is 0.192. The fourth-order valence-electron chi connectivity index (χ4n) is 0.282. The van der Waals surface area contributed by atoms with Crippen molar-refractivity contribution in [2.75, 3.05) is 13.7 Å². The molecule has 0 aliphatic heterocycles. The van der Waals surface area contributed by atoms with Crippen molar-refractivity contribution in [3.63, 3.8) is 0 Å². The Bertz CT molecular complexity index is 58.0. The predicted molar refractivity (Wildman–Crippen MR) is 30.0 cm³/mol. The van der Waals surface area contributed by atoms with E-state index in [1.54, 1.807) is 0 Å². The molecular weight excluding hydrogens is 108 g/mol. The monoisotopic (exact) mass is 120 g/mol. The first-order valence-electron chi connectivity index (χ1n) is 2.36. The molecule has 4 nitrogen and oxygen atoms in total. The lowest BCUT2D eigenvalue weighted by atomic mass is 10.3.